The molecule has 122 valence electrons. The van der Waals surface area contributed by atoms with Gasteiger partial charge in [0.25, 0.3) is 0 Å². The van der Waals surface area contributed by atoms with Gasteiger partial charge in [0, 0.05) is 10.8 Å². The van der Waals surface area contributed by atoms with E-state index in [1.54, 1.807) is 0 Å². The number of carbonyl (C=O) groups excluding carboxylic acids is 1. The van der Waals surface area contributed by atoms with Crippen LogP contribution in [0.2, 0.25) is 0 Å². The third kappa shape index (κ3) is 1.94. The maximum atomic E-state index is 12.9. The summed E-state index contributed by atoms with van der Waals surface area (Å²) in [5.74, 6) is 0.213. The number of hydrogen-bond donors (Lipinski definition) is 0. The van der Waals surface area contributed by atoms with E-state index in [-0.39, 0.29) is 40.2 Å². The fourth-order valence-electron chi connectivity index (χ4n) is 6.17. The Morgan fingerprint density at radius 3 is 2.36 bits per heavy atom. The second-order valence-electron chi connectivity index (χ2n) is 8.83. The van der Waals surface area contributed by atoms with Crippen LogP contribution >= 0.6 is 0 Å². The Bertz CT molecular complexity index is 462. The van der Waals surface area contributed by atoms with Crippen molar-refractivity contribution in [3.05, 3.63) is 13.8 Å². The van der Waals surface area contributed by atoms with Gasteiger partial charge < -0.3 is 4.74 Å². The Kier molecular flexibility index (Phi) is 3.70. The number of carbonyl (C=O) groups is 1. The lowest BCUT2D eigenvalue weighted by molar-refractivity contribution is -0.205. The van der Waals surface area contributed by atoms with Crippen LogP contribution in [0.25, 0.3) is 0 Å². The fraction of sp³-hybridized carbons (Fsp3) is 0.850. The maximum Gasteiger partial charge on any atom is 0.309 e. The number of ether oxygens (including phenoxy) is 1. The highest BCUT2D eigenvalue weighted by Crippen LogP contribution is 2.70. The molecular formula is C20H30O2. The molecule has 3 aliphatic carbocycles. The summed E-state index contributed by atoms with van der Waals surface area (Å²) in [4.78, 5) is 12.9. The molecule has 2 bridgehead atoms. The third-order valence-electron chi connectivity index (χ3n) is 7.50. The van der Waals surface area contributed by atoms with Gasteiger partial charge in [0.05, 0.1) is 5.92 Å². The average Bonchev–Trinajstić information content (AvgIpc) is 3.02. The molecule has 0 heterocycles. The summed E-state index contributed by atoms with van der Waals surface area (Å²) in [5, 5.41) is 0. The van der Waals surface area contributed by atoms with E-state index in [1.165, 1.54) is 19.3 Å². The SMILES string of the molecule is [CH]C1CC([CH])C(C(=O)OC2(CC)C3(C)CCC(C3)C2(C)C)C1. The Labute approximate surface area is 136 Å². The first-order valence-electron chi connectivity index (χ1n) is 8.91. The maximum absolute atomic E-state index is 12.9. The molecule has 0 amide bonds. The quantitative estimate of drug-likeness (QED) is 0.713. The highest BCUT2D eigenvalue weighted by atomic mass is 16.6. The normalized spacial score (nSPS) is 49.5. The van der Waals surface area contributed by atoms with Gasteiger partial charge >= 0.3 is 5.97 Å². The van der Waals surface area contributed by atoms with Crippen LogP contribution in [0.3, 0.4) is 0 Å². The van der Waals surface area contributed by atoms with E-state index in [2.05, 4.69) is 27.7 Å². The minimum atomic E-state index is -0.355. The number of hydrogen-bond acceptors (Lipinski definition) is 2. The molecule has 2 nitrogen and oxygen atoms in total. The molecule has 22 heavy (non-hydrogen) atoms. The second-order valence-corrected chi connectivity index (χ2v) is 8.83. The molecule has 0 aromatic rings. The van der Waals surface area contributed by atoms with Gasteiger partial charge in [-0.1, -0.05) is 27.7 Å². The van der Waals surface area contributed by atoms with Crippen LogP contribution in [0, 0.1) is 48.3 Å². The lowest BCUT2D eigenvalue weighted by Gasteiger charge is -2.53. The monoisotopic (exact) mass is 302 g/mol. The van der Waals surface area contributed by atoms with Crippen LogP contribution in [0.5, 0.6) is 0 Å². The summed E-state index contributed by atoms with van der Waals surface area (Å²) in [6.07, 6.45) is 5.88. The number of fused-ring (bicyclic) bond motifs is 2. The lowest BCUT2D eigenvalue weighted by atomic mass is 9.59. The van der Waals surface area contributed by atoms with Crippen molar-refractivity contribution in [2.75, 3.05) is 0 Å². The van der Waals surface area contributed by atoms with Crippen molar-refractivity contribution in [1.82, 2.24) is 0 Å². The molecule has 0 aromatic heterocycles. The van der Waals surface area contributed by atoms with E-state index in [0.29, 0.717) is 12.3 Å². The Balaban J connectivity index is 1.87. The first kappa shape index (κ1) is 16.3. The Morgan fingerprint density at radius 1 is 1.23 bits per heavy atom. The number of esters is 1. The summed E-state index contributed by atoms with van der Waals surface area (Å²) in [5.41, 5.74) is -0.210. The van der Waals surface area contributed by atoms with Crippen molar-refractivity contribution in [2.45, 2.75) is 71.8 Å². The van der Waals surface area contributed by atoms with Crippen molar-refractivity contribution >= 4 is 5.97 Å². The van der Waals surface area contributed by atoms with Crippen LogP contribution in [-0.2, 0) is 9.53 Å². The van der Waals surface area contributed by atoms with E-state index in [0.717, 1.165) is 12.8 Å². The summed E-state index contributed by atoms with van der Waals surface area (Å²) in [6, 6.07) is 0. The van der Waals surface area contributed by atoms with E-state index in [4.69, 9.17) is 18.6 Å². The molecule has 0 aliphatic heterocycles. The second kappa shape index (κ2) is 4.98. The van der Waals surface area contributed by atoms with Gasteiger partial charge in [0.2, 0.25) is 0 Å². The van der Waals surface area contributed by atoms with Gasteiger partial charge in [-0.15, -0.1) is 0 Å². The van der Waals surface area contributed by atoms with Crippen LogP contribution < -0.4 is 0 Å². The topological polar surface area (TPSA) is 26.3 Å². The molecule has 6 atom stereocenters. The van der Waals surface area contributed by atoms with Crippen molar-refractivity contribution < 1.29 is 9.53 Å². The van der Waals surface area contributed by atoms with Gasteiger partial charge in [0.15, 0.2) is 0 Å². The Hall–Kier alpha value is -0.530. The minimum Gasteiger partial charge on any atom is -0.458 e. The van der Waals surface area contributed by atoms with Crippen molar-refractivity contribution in [3.63, 3.8) is 0 Å². The molecule has 3 fully saturated rings. The summed E-state index contributed by atoms with van der Waals surface area (Å²) < 4.78 is 6.33. The van der Waals surface area contributed by atoms with Crippen LogP contribution in [0.15, 0.2) is 0 Å². The summed E-state index contributed by atoms with van der Waals surface area (Å²) in [6.45, 7) is 21.2. The third-order valence-corrected chi connectivity index (χ3v) is 7.50. The molecule has 3 rings (SSSR count). The van der Waals surface area contributed by atoms with Crippen LogP contribution in [0.1, 0.15) is 66.2 Å². The van der Waals surface area contributed by atoms with Gasteiger partial charge in [-0.2, -0.15) is 0 Å². The van der Waals surface area contributed by atoms with Gasteiger partial charge in [-0.05, 0) is 70.1 Å². The molecule has 0 N–H and O–H groups in total. The summed E-state index contributed by atoms with van der Waals surface area (Å²) >= 11 is 0. The summed E-state index contributed by atoms with van der Waals surface area (Å²) in [7, 11) is 0. The zero-order valence-corrected chi connectivity index (χ0v) is 14.5. The zero-order chi connectivity index (χ0) is 16.3. The van der Waals surface area contributed by atoms with Crippen molar-refractivity contribution in [3.8, 4) is 0 Å². The molecule has 0 aromatic carbocycles. The molecule has 0 saturated heterocycles. The molecule has 6 unspecified atom stereocenters. The van der Waals surface area contributed by atoms with E-state index in [1.807, 2.05) is 0 Å². The van der Waals surface area contributed by atoms with E-state index >= 15 is 0 Å². The van der Waals surface area contributed by atoms with Crippen molar-refractivity contribution in [2.24, 2.45) is 34.5 Å². The molecule has 4 radical (unpaired) electrons. The first-order valence-corrected chi connectivity index (χ1v) is 8.91. The molecule has 2 heteroatoms. The van der Waals surface area contributed by atoms with E-state index < -0.39 is 0 Å². The molecular weight excluding hydrogens is 272 g/mol. The number of rotatable bonds is 3. The Morgan fingerprint density at radius 2 is 1.91 bits per heavy atom. The van der Waals surface area contributed by atoms with Gasteiger partial charge in [-0.25, -0.2) is 0 Å². The molecule has 3 saturated carbocycles. The minimum absolute atomic E-state index is 0.0359. The smallest absolute Gasteiger partial charge is 0.309 e. The highest BCUT2D eigenvalue weighted by molar-refractivity contribution is 5.74. The predicted molar refractivity (Wildman–Crippen MR) is 86.6 cm³/mol. The average molecular weight is 302 g/mol. The van der Waals surface area contributed by atoms with Gasteiger partial charge in [0.1, 0.15) is 5.60 Å². The van der Waals surface area contributed by atoms with Crippen LogP contribution in [0.4, 0.5) is 0 Å². The first-order chi connectivity index (χ1) is 10.2. The lowest BCUT2D eigenvalue weighted by Crippen LogP contribution is -2.57. The molecule has 3 aliphatic rings. The van der Waals surface area contributed by atoms with Crippen molar-refractivity contribution in [1.29, 1.82) is 0 Å². The van der Waals surface area contributed by atoms with Crippen LogP contribution in [-0.4, -0.2) is 11.6 Å². The highest BCUT2D eigenvalue weighted by Gasteiger charge is 2.70. The van der Waals surface area contributed by atoms with Gasteiger partial charge in [-0.3, -0.25) is 4.79 Å². The standard InChI is InChI=1S/C20H30O2/c1-7-20(18(4,5)15-8-9-19(20,6)12-15)22-17(21)16-11-13(2)10-14(16)3/h2-3,13-16H,7-12H2,1,4-6H3. The molecule has 0 spiro atoms. The van der Waals surface area contributed by atoms with E-state index in [9.17, 15) is 4.79 Å². The zero-order valence-electron chi connectivity index (χ0n) is 14.5. The predicted octanol–water partition coefficient (Wildman–Crippen LogP) is 4.59. The fourth-order valence-corrected chi connectivity index (χ4v) is 6.17. The largest absolute Gasteiger partial charge is 0.458 e.